The van der Waals surface area contributed by atoms with Crippen LogP contribution in [-0.2, 0) is 6.54 Å². The molecule has 0 bridgehead atoms. The van der Waals surface area contributed by atoms with Gasteiger partial charge in [-0.05, 0) is 43.2 Å². The summed E-state index contributed by atoms with van der Waals surface area (Å²) in [5, 5.41) is 3.67. The second-order valence-electron chi connectivity index (χ2n) is 5.63. The van der Waals surface area contributed by atoms with Gasteiger partial charge in [0, 0.05) is 22.3 Å². The molecule has 0 spiro atoms. The van der Waals surface area contributed by atoms with Crippen molar-refractivity contribution in [2.24, 2.45) is 0 Å². The van der Waals surface area contributed by atoms with Crippen LogP contribution in [0.15, 0.2) is 22.7 Å². The average Bonchev–Trinajstić information content (AvgIpc) is 2.44. The molecule has 1 fully saturated rings. The van der Waals surface area contributed by atoms with Crippen molar-refractivity contribution in [3.63, 3.8) is 0 Å². The van der Waals surface area contributed by atoms with E-state index in [-0.39, 0.29) is 0 Å². The monoisotopic (exact) mass is 341 g/mol. The van der Waals surface area contributed by atoms with E-state index in [0.717, 1.165) is 13.1 Å². The van der Waals surface area contributed by atoms with Crippen molar-refractivity contribution in [3.05, 3.63) is 33.8 Å². The third-order valence-electron chi connectivity index (χ3n) is 4.20. The zero-order chi connectivity index (χ0) is 13.7. The minimum atomic E-state index is 0.489. The SMILES string of the molecule is CSC1(CNCc2ccc(Br)c(C)c2)CCCCC1. The van der Waals surface area contributed by atoms with Gasteiger partial charge in [0.05, 0.1) is 0 Å². The highest BCUT2D eigenvalue weighted by molar-refractivity contribution is 9.10. The molecule has 0 saturated heterocycles. The molecule has 1 N–H and O–H groups in total. The fraction of sp³-hybridized carbons (Fsp3) is 0.625. The van der Waals surface area contributed by atoms with Crippen LogP contribution in [0, 0.1) is 6.92 Å². The maximum Gasteiger partial charge on any atom is 0.0281 e. The highest BCUT2D eigenvalue weighted by Gasteiger charge is 2.30. The van der Waals surface area contributed by atoms with E-state index < -0.39 is 0 Å². The highest BCUT2D eigenvalue weighted by Crippen LogP contribution is 2.38. The number of rotatable bonds is 5. The van der Waals surface area contributed by atoms with Crippen LogP contribution in [0.3, 0.4) is 0 Å². The summed E-state index contributed by atoms with van der Waals surface area (Å²) in [6.07, 6.45) is 9.26. The third kappa shape index (κ3) is 4.24. The largest absolute Gasteiger partial charge is 0.311 e. The van der Waals surface area contributed by atoms with Gasteiger partial charge in [0.15, 0.2) is 0 Å². The first-order valence-electron chi connectivity index (χ1n) is 7.16. The van der Waals surface area contributed by atoms with Crippen molar-refractivity contribution in [2.75, 3.05) is 12.8 Å². The summed E-state index contributed by atoms with van der Waals surface area (Å²) in [6.45, 7) is 4.28. The molecule has 2 rings (SSSR count). The van der Waals surface area contributed by atoms with E-state index in [2.05, 4.69) is 64.4 Å². The predicted molar refractivity (Wildman–Crippen MR) is 89.9 cm³/mol. The quantitative estimate of drug-likeness (QED) is 0.816. The Hall–Kier alpha value is 0.01000. The molecule has 19 heavy (non-hydrogen) atoms. The number of hydrogen-bond acceptors (Lipinski definition) is 2. The zero-order valence-electron chi connectivity index (χ0n) is 12.0. The summed E-state index contributed by atoms with van der Waals surface area (Å²) in [7, 11) is 0. The first-order valence-corrected chi connectivity index (χ1v) is 9.18. The summed E-state index contributed by atoms with van der Waals surface area (Å²) in [5.41, 5.74) is 2.70. The molecule has 1 aromatic carbocycles. The molecule has 0 radical (unpaired) electrons. The number of benzene rings is 1. The first kappa shape index (κ1) is 15.4. The summed E-state index contributed by atoms with van der Waals surface area (Å²) in [4.78, 5) is 0. The molecule has 3 heteroatoms. The lowest BCUT2D eigenvalue weighted by molar-refractivity contribution is 0.379. The molecule has 0 amide bonds. The standard InChI is InChI=1S/C16H24BrNS/c1-13-10-14(6-7-15(13)17)11-18-12-16(19-2)8-4-3-5-9-16/h6-7,10,18H,3-5,8-9,11-12H2,1-2H3. The third-order valence-corrected chi connectivity index (χ3v) is 6.50. The van der Waals surface area contributed by atoms with Gasteiger partial charge in [0.25, 0.3) is 0 Å². The van der Waals surface area contributed by atoms with Gasteiger partial charge in [-0.25, -0.2) is 0 Å². The normalized spacial score (nSPS) is 18.5. The van der Waals surface area contributed by atoms with Gasteiger partial charge >= 0.3 is 0 Å². The predicted octanol–water partition coefficient (Wildman–Crippen LogP) is 4.91. The molecule has 0 aromatic heterocycles. The van der Waals surface area contributed by atoms with Gasteiger partial charge < -0.3 is 5.32 Å². The van der Waals surface area contributed by atoms with Crippen LogP contribution in [0.4, 0.5) is 0 Å². The van der Waals surface area contributed by atoms with Crippen LogP contribution < -0.4 is 5.32 Å². The van der Waals surface area contributed by atoms with Crippen LogP contribution >= 0.6 is 27.7 Å². The van der Waals surface area contributed by atoms with Gasteiger partial charge in [0.1, 0.15) is 0 Å². The lowest BCUT2D eigenvalue weighted by Gasteiger charge is -2.36. The number of nitrogens with one attached hydrogen (secondary N) is 1. The molecule has 0 unspecified atom stereocenters. The van der Waals surface area contributed by atoms with E-state index in [9.17, 15) is 0 Å². The van der Waals surface area contributed by atoms with Crippen molar-refractivity contribution in [1.82, 2.24) is 5.32 Å². The molecule has 0 aliphatic heterocycles. The molecule has 1 aliphatic carbocycles. The van der Waals surface area contributed by atoms with E-state index in [1.807, 2.05) is 0 Å². The van der Waals surface area contributed by atoms with Crippen molar-refractivity contribution in [2.45, 2.75) is 50.3 Å². The van der Waals surface area contributed by atoms with E-state index in [1.54, 1.807) is 0 Å². The highest BCUT2D eigenvalue weighted by atomic mass is 79.9. The van der Waals surface area contributed by atoms with Crippen molar-refractivity contribution < 1.29 is 0 Å². The lowest BCUT2D eigenvalue weighted by atomic mass is 9.88. The van der Waals surface area contributed by atoms with Crippen LogP contribution in [-0.4, -0.2) is 17.5 Å². The van der Waals surface area contributed by atoms with Crippen molar-refractivity contribution in [3.8, 4) is 0 Å². The van der Waals surface area contributed by atoms with E-state index in [1.165, 1.54) is 47.7 Å². The molecule has 1 aliphatic rings. The molecular formula is C16H24BrNS. The smallest absolute Gasteiger partial charge is 0.0281 e. The molecule has 1 nitrogen and oxygen atoms in total. The molecular weight excluding hydrogens is 318 g/mol. The summed E-state index contributed by atoms with van der Waals surface area (Å²) in [6, 6.07) is 6.62. The average molecular weight is 342 g/mol. The lowest BCUT2D eigenvalue weighted by Crippen LogP contribution is -2.39. The van der Waals surface area contributed by atoms with Crippen LogP contribution in [0.1, 0.15) is 43.2 Å². The second kappa shape index (κ2) is 7.14. The minimum absolute atomic E-state index is 0.489. The fourth-order valence-electron chi connectivity index (χ4n) is 2.90. The molecule has 1 saturated carbocycles. The van der Waals surface area contributed by atoms with Crippen molar-refractivity contribution in [1.29, 1.82) is 0 Å². The molecule has 0 heterocycles. The summed E-state index contributed by atoms with van der Waals surface area (Å²) < 4.78 is 1.69. The van der Waals surface area contributed by atoms with Gasteiger partial charge in [-0.2, -0.15) is 11.8 Å². The van der Waals surface area contributed by atoms with Crippen LogP contribution in [0.5, 0.6) is 0 Å². The van der Waals surface area contributed by atoms with Gasteiger partial charge in [-0.3, -0.25) is 0 Å². The minimum Gasteiger partial charge on any atom is -0.311 e. The summed E-state index contributed by atoms with van der Waals surface area (Å²) in [5.74, 6) is 0. The Morgan fingerprint density at radius 3 is 2.63 bits per heavy atom. The van der Waals surface area contributed by atoms with Gasteiger partial charge in [-0.1, -0.05) is 47.3 Å². The number of thioether (sulfide) groups is 1. The van der Waals surface area contributed by atoms with Gasteiger partial charge in [-0.15, -0.1) is 0 Å². The number of halogens is 1. The maximum absolute atomic E-state index is 3.67. The van der Waals surface area contributed by atoms with Crippen molar-refractivity contribution >= 4 is 27.7 Å². The van der Waals surface area contributed by atoms with E-state index >= 15 is 0 Å². The topological polar surface area (TPSA) is 12.0 Å². The first-order chi connectivity index (χ1) is 9.15. The Morgan fingerprint density at radius 2 is 2.00 bits per heavy atom. The number of hydrogen-bond donors (Lipinski definition) is 1. The summed E-state index contributed by atoms with van der Waals surface area (Å²) >= 11 is 5.62. The zero-order valence-corrected chi connectivity index (χ0v) is 14.4. The van der Waals surface area contributed by atoms with Gasteiger partial charge in [0.2, 0.25) is 0 Å². The Bertz CT molecular complexity index is 413. The molecule has 0 atom stereocenters. The Kier molecular flexibility index (Phi) is 5.79. The second-order valence-corrected chi connectivity index (χ2v) is 7.76. The van der Waals surface area contributed by atoms with E-state index in [4.69, 9.17) is 0 Å². The van der Waals surface area contributed by atoms with Crippen LogP contribution in [0.2, 0.25) is 0 Å². The van der Waals surface area contributed by atoms with E-state index in [0.29, 0.717) is 4.75 Å². The Labute approximate surface area is 130 Å². The molecule has 1 aromatic rings. The maximum atomic E-state index is 3.67. The Morgan fingerprint density at radius 1 is 1.26 bits per heavy atom. The number of aryl methyl sites for hydroxylation is 1. The molecule has 106 valence electrons. The fourth-order valence-corrected chi connectivity index (χ4v) is 4.09. The Balaban J connectivity index is 1.86. The van der Waals surface area contributed by atoms with Crippen LogP contribution in [0.25, 0.3) is 0 Å².